The fourth-order valence-electron chi connectivity index (χ4n) is 2.36. The van der Waals surface area contributed by atoms with E-state index >= 15 is 0 Å². The molecular formula is C15H21ClN2O. The number of aromatic nitrogens is 2. The monoisotopic (exact) mass is 280 g/mol. The molecule has 0 amide bonds. The van der Waals surface area contributed by atoms with Gasteiger partial charge in [-0.25, -0.2) is 4.98 Å². The summed E-state index contributed by atoms with van der Waals surface area (Å²) in [5.74, 6) is 1.63. The molecule has 0 radical (unpaired) electrons. The zero-order valence-electron chi connectivity index (χ0n) is 11.8. The van der Waals surface area contributed by atoms with Crippen LogP contribution in [0.1, 0.15) is 25.2 Å². The zero-order valence-corrected chi connectivity index (χ0v) is 12.6. The van der Waals surface area contributed by atoms with E-state index in [2.05, 4.69) is 36.6 Å². The highest BCUT2D eigenvalue weighted by Gasteiger charge is 2.13. The van der Waals surface area contributed by atoms with E-state index in [1.54, 1.807) is 0 Å². The van der Waals surface area contributed by atoms with E-state index in [1.165, 1.54) is 5.56 Å². The Morgan fingerprint density at radius 1 is 1.42 bits per heavy atom. The van der Waals surface area contributed by atoms with Crippen molar-refractivity contribution in [1.82, 2.24) is 9.55 Å². The first-order valence-corrected chi connectivity index (χ1v) is 7.32. The minimum atomic E-state index is 0.178. The van der Waals surface area contributed by atoms with Crippen molar-refractivity contribution in [3.63, 3.8) is 0 Å². The average Bonchev–Trinajstić information content (AvgIpc) is 2.67. The summed E-state index contributed by atoms with van der Waals surface area (Å²) in [5.41, 5.74) is 3.44. The Balaban J connectivity index is 2.39. The lowest BCUT2D eigenvalue weighted by atomic mass is 10.2. The Morgan fingerprint density at radius 2 is 2.21 bits per heavy atom. The van der Waals surface area contributed by atoms with Gasteiger partial charge in [-0.2, -0.15) is 0 Å². The molecule has 0 aliphatic carbocycles. The maximum atomic E-state index is 5.88. The Bertz CT molecular complexity index is 550. The fourth-order valence-corrected chi connectivity index (χ4v) is 2.53. The van der Waals surface area contributed by atoms with E-state index in [-0.39, 0.29) is 6.10 Å². The molecular weight excluding hydrogens is 260 g/mol. The van der Waals surface area contributed by atoms with Crippen molar-refractivity contribution >= 4 is 22.6 Å². The summed E-state index contributed by atoms with van der Waals surface area (Å²) in [7, 11) is 0. The first kappa shape index (κ1) is 14.4. The van der Waals surface area contributed by atoms with E-state index in [1.807, 2.05) is 6.92 Å². The smallest absolute Gasteiger partial charge is 0.111 e. The van der Waals surface area contributed by atoms with Crippen molar-refractivity contribution in [1.29, 1.82) is 0 Å². The number of fused-ring (bicyclic) bond motifs is 1. The van der Waals surface area contributed by atoms with Gasteiger partial charge in [0, 0.05) is 18.9 Å². The van der Waals surface area contributed by atoms with E-state index in [4.69, 9.17) is 21.3 Å². The fraction of sp³-hybridized carbons (Fsp3) is 0.533. The molecule has 0 N–H and O–H groups in total. The van der Waals surface area contributed by atoms with Crippen molar-refractivity contribution in [2.24, 2.45) is 0 Å². The Morgan fingerprint density at radius 3 is 2.89 bits per heavy atom. The molecule has 0 aliphatic heterocycles. The molecule has 1 aromatic carbocycles. The third-order valence-corrected chi connectivity index (χ3v) is 3.38. The van der Waals surface area contributed by atoms with E-state index in [0.29, 0.717) is 5.88 Å². The molecule has 19 heavy (non-hydrogen) atoms. The van der Waals surface area contributed by atoms with Crippen LogP contribution in [0.4, 0.5) is 0 Å². The molecule has 0 saturated carbocycles. The minimum absolute atomic E-state index is 0.178. The van der Waals surface area contributed by atoms with Crippen molar-refractivity contribution in [2.75, 3.05) is 12.5 Å². The van der Waals surface area contributed by atoms with Crippen LogP contribution in [-0.2, 0) is 17.7 Å². The topological polar surface area (TPSA) is 27.1 Å². The van der Waals surface area contributed by atoms with Gasteiger partial charge in [-0.1, -0.05) is 6.07 Å². The van der Waals surface area contributed by atoms with Crippen LogP contribution in [-0.4, -0.2) is 28.1 Å². The van der Waals surface area contributed by atoms with Gasteiger partial charge in [0.15, 0.2) is 0 Å². The number of halogens is 1. The van der Waals surface area contributed by atoms with Crippen LogP contribution in [0.3, 0.4) is 0 Å². The second-order valence-electron chi connectivity index (χ2n) is 4.84. The minimum Gasteiger partial charge on any atom is -0.377 e. The lowest BCUT2D eigenvalue weighted by Crippen LogP contribution is -2.18. The summed E-state index contributed by atoms with van der Waals surface area (Å²) < 4.78 is 7.87. The summed E-state index contributed by atoms with van der Waals surface area (Å²) in [6, 6.07) is 6.37. The molecule has 0 aliphatic rings. The lowest BCUT2D eigenvalue weighted by Gasteiger charge is -2.15. The first-order chi connectivity index (χ1) is 9.15. The third kappa shape index (κ3) is 3.28. The van der Waals surface area contributed by atoms with E-state index < -0.39 is 0 Å². The van der Waals surface area contributed by atoms with Gasteiger partial charge in [0.1, 0.15) is 5.82 Å². The summed E-state index contributed by atoms with van der Waals surface area (Å²) in [4.78, 5) is 4.70. The molecule has 1 aromatic heterocycles. The standard InChI is InChI=1S/C15H21ClN2O/c1-4-19-12(3)10-18-14-6-5-11(2)9-13(14)17-15(18)7-8-16/h5-6,9,12H,4,7-8,10H2,1-3H3. The molecule has 2 rings (SSSR count). The first-order valence-electron chi connectivity index (χ1n) is 6.79. The van der Waals surface area contributed by atoms with Crippen molar-refractivity contribution in [3.05, 3.63) is 29.6 Å². The molecule has 0 bridgehead atoms. The molecule has 2 aromatic rings. The van der Waals surface area contributed by atoms with Crippen LogP contribution in [0.15, 0.2) is 18.2 Å². The maximum Gasteiger partial charge on any atom is 0.111 e. The second-order valence-corrected chi connectivity index (χ2v) is 5.21. The van der Waals surface area contributed by atoms with Crippen LogP contribution in [0, 0.1) is 6.92 Å². The van der Waals surface area contributed by atoms with Crippen molar-refractivity contribution in [3.8, 4) is 0 Å². The van der Waals surface area contributed by atoms with Gasteiger partial charge in [0.05, 0.1) is 23.7 Å². The number of alkyl halides is 1. The van der Waals surface area contributed by atoms with Crippen molar-refractivity contribution in [2.45, 2.75) is 39.8 Å². The highest BCUT2D eigenvalue weighted by molar-refractivity contribution is 6.17. The SMILES string of the molecule is CCOC(C)Cn1c(CCCl)nc2cc(C)ccc21. The number of rotatable bonds is 6. The van der Waals surface area contributed by atoms with E-state index in [0.717, 1.165) is 36.4 Å². The molecule has 1 heterocycles. The Hall–Kier alpha value is -1.06. The normalized spacial score (nSPS) is 13.1. The van der Waals surface area contributed by atoms with Crippen LogP contribution >= 0.6 is 11.6 Å². The second kappa shape index (κ2) is 6.40. The van der Waals surface area contributed by atoms with Gasteiger partial charge < -0.3 is 9.30 Å². The number of ether oxygens (including phenoxy) is 1. The predicted octanol–water partition coefficient (Wildman–Crippen LogP) is 3.55. The summed E-state index contributed by atoms with van der Waals surface area (Å²) in [5, 5.41) is 0. The zero-order chi connectivity index (χ0) is 13.8. The van der Waals surface area contributed by atoms with Gasteiger partial charge in [0.25, 0.3) is 0 Å². The van der Waals surface area contributed by atoms with Crippen molar-refractivity contribution < 1.29 is 4.74 Å². The quantitative estimate of drug-likeness (QED) is 0.757. The van der Waals surface area contributed by atoms with Gasteiger partial charge in [-0.15, -0.1) is 11.6 Å². The largest absolute Gasteiger partial charge is 0.377 e. The van der Waals surface area contributed by atoms with Crippen LogP contribution in [0.25, 0.3) is 11.0 Å². The highest BCUT2D eigenvalue weighted by Crippen LogP contribution is 2.19. The number of nitrogens with zero attached hydrogens (tertiary/aromatic N) is 2. The van der Waals surface area contributed by atoms with Gasteiger partial charge in [-0.05, 0) is 38.5 Å². The highest BCUT2D eigenvalue weighted by atomic mass is 35.5. The summed E-state index contributed by atoms with van der Waals surface area (Å²) in [6.07, 6.45) is 0.964. The molecule has 1 atom stereocenters. The van der Waals surface area contributed by atoms with Crippen LogP contribution < -0.4 is 0 Å². The van der Waals surface area contributed by atoms with Gasteiger partial charge in [0.2, 0.25) is 0 Å². The lowest BCUT2D eigenvalue weighted by molar-refractivity contribution is 0.0643. The molecule has 0 fully saturated rings. The average molecular weight is 281 g/mol. The van der Waals surface area contributed by atoms with E-state index in [9.17, 15) is 0 Å². The third-order valence-electron chi connectivity index (χ3n) is 3.19. The van der Waals surface area contributed by atoms with Gasteiger partial charge in [-0.3, -0.25) is 0 Å². The maximum absolute atomic E-state index is 5.88. The predicted molar refractivity (Wildman–Crippen MR) is 80.0 cm³/mol. The Kier molecular flexibility index (Phi) is 4.83. The number of benzene rings is 1. The van der Waals surface area contributed by atoms with Crippen LogP contribution in [0.5, 0.6) is 0 Å². The summed E-state index contributed by atoms with van der Waals surface area (Å²) >= 11 is 5.88. The number of imidazole rings is 1. The number of aryl methyl sites for hydroxylation is 2. The Labute approximate surface area is 119 Å². The summed E-state index contributed by atoms with van der Waals surface area (Å²) in [6.45, 7) is 7.75. The molecule has 0 saturated heterocycles. The van der Waals surface area contributed by atoms with Crippen LogP contribution in [0.2, 0.25) is 0 Å². The molecule has 3 nitrogen and oxygen atoms in total. The number of hydrogen-bond donors (Lipinski definition) is 0. The molecule has 0 spiro atoms. The molecule has 104 valence electrons. The molecule has 4 heteroatoms. The number of hydrogen-bond acceptors (Lipinski definition) is 2. The van der Waals surface area contributed by atoms with Gasteiger partial charge >= 0.3 is 0 Å². The molecule has 1 unspecified atom stereocenters.